The maximum atomic E-state index is 10.5. The lowest BCUT2D eigenvalue weighted by Gasteiger charge is -1.97. The third kappa shape index (κ3) is 1.38. The largest absolute Gasteiger partial charge is 0.481 e. The van der Waals surface area contributed by atoms with Crippen molar-refractivity contribution in [2.75, 3.05) is 0 Å². The number of hydrogen-bond acceptors (Lipinski definition) is 2. The Morgan fingerprint density at radius 2 is 2.38 bits per heavy atom. The van der Waals surface area contributed by atoms with Crippen LogP contribution in [0.5, 0.6) is 0 Å². The first-order valence-corrected chi connectivity index (χ1v) is 3.90. The van der Waals surface area contributed by atoms with Crippen molar-refractivity contribution in [3.8, 4) is 0 Å². The first-order valence-electron chi connectivity index (χ1n) is 3.90. The summed E-state index contributed by atoms with van der Waals surface area (Å²) in [5, 5.41) is 8.61. The van der Waals surface area contributed by atoms with E-state index in [0.29, 0.717) is 0 Å². The zero-order chi connectivity index (χ0) is 9.26. The number of fused-ring (bicyclic) bond motifs is 1. The van der Waals surface area contributed by atoms with Gasteiger partial charge in [0.25, 0.3) is 0 Å². The number of rotatable bonds is 2. The topological polar surface area (TPSA) is 54.6 Å². The lowest BCUT2D eigenvalue weighted by atomic mass is 10.3. The number of carbonyl (C=O) groups is 1. The minimum atomic E-state index is -0.830. The second-order valence-corrected chi connectivity index (χ2v) is 2.74. The first kappa shape index (κ1) is 7.79. The van der Waals surface area contributed by atoms with Gasteiger partial charge in [0.2, 0.25) is 0 Å². The Morgan fingerprint density at radius 1 is 1.54 bits per heavy atom. The molecular formula is C9H8N2O2. The van der Waals surface area contributed by atoms with Gasteiger partial charge in [0.05, 0.1) is 6.42 Å². The van der Waals surface area contributed by atoms with E-state index in [2.05, 4.69) is 4.98 Å². The number of carboxylic acid groups (broad SMARTS) is 1. The van der Waals surface area contributed by atoms with E-state index in [9.17, 15) is 4.79 Å². The first-order chi connectivity index (χ1) is 6.27. The average Bonchev–Trinajstić information content (AvgIpc) is 2.48. The SMILES string of the molecule is O=C(O)Cc1ccc2ncccn12. The van der Waals surface area contributed by atoms with Gasteiger partial charge in [-0.15, -0.1) is 0 Å². The second-order valence-electron chi connectivity index (χ2n) is 2.74. The van der Waals surface area contributed by atoms with Gasteiger partial charge in [-0.1, -0.05) is 0 Å². The van der Waals surface area contributed by atoms with Crippen molar-refractivity contribution in [3.05, 3.63) is 36.3 Å². The summed E-state index contributed by atoms with van der Waals surface area (Å²) in [6.07, 6.45) is 3.51. The molecule has 1 N–H and O–H groups in total. The third-order valence-electron chi connectivity index (χ3n) is 1.84. The van der Waals surface area contributed by atoms with Crippen LogP contribution in [-0.2, 0) is 11.2 Å². The molecule has 4 heteroatoms. The maximum Gasteiger partial charge on any atom is 0.309 e. The number of carboxylic acids is 1. The Balaban J connectivity index is 2.51. The van der Waals surface area contributed by atoms with Crippen LogP contribution in [0.3, 0.4) is 0 Å². The highest BCUT2D eigenvalue weighted by Crippen LogP contribution is 2.07. The van der Waals surface area contributed by atoms with E-state index < -0.39 is 5.97 Å². The van der Waals surface area contributed by atoms with Crippen LogP contribution < -0.4 is 0 Å². The Morgan fingerprint density at radius 3 is 3.15 bits per heavy atom. The summed E-state index contributed by atoms with van der Waals surface area (Å²) in [6, 6.07) is 5.35. The van der Waals surface area contributed by atoms with Crippen molar-refractivity contribution in [3.63, 3.8) is 0 Å². The fourth-order valence-electron chi connectivity index (χ4n) is 1.30. The average molecular weight is 176 g/mol. The molecule has 0 fully saturated rings. The maximum absolute atomic E-state index is 10.5. The standard InChI is InChI=1S/C9H8N2O2/c12-9(13)6-7-2-3-8-10-4-1-5-11(7)8/h1-5H,6H2,(H,12,13). The molecule has 0 aliphatic carbocycles. The summed E-state index contributed by atoms with van der Waals surface area (Å²) < 4.78 is 1.77. The van der Waals surface area contributed by atoms with E-state index in [0.717, 1.165) is 11.3 Å². The van der Waals surface area contributed by atoms with Gasteiger partial charge in [0.15, 0.2) is 0 Å². The Kier molecular flexibility index (Phi) is 1.73. The van der Waals surface area contributed by atoms with E-state index in [1.54, 1.807) is 35.0 Å². The summed E-state index contributed by atoms with van der Waals surface area (Å²) in [5.74, 6) is -0.830. The monoisotopic (exact) mass is 176 g/mol. The second kappa shape index (κ2) is 2.90. The lowest BCUT2D eigenvalue weighted by molar-refractivity contribution is -0.136. The van der Waals surface area contributed by atoms with Crippen LogP contribution in [-0.4, -0.2) is 20.5 Å². The zero-order valence-corrected chi connectivity index (χ0v) is 6.84. The van der Waals surface area contributed by atoms with Crippen molar-refractivity contribution in [1.82, 2.24) is 9.38 Å². The molecule has 0 bridgehead atoms. The predicted molar refractivity (Wildman–Crippen MR) is 46.5 cm³/mol. The molecule has 0 radical (unpaired) electrons. The van der Waals surface area contributed by atoms with Crippen molar-refractivity contribution in [2.45, 2.75) is 6.42 Å². The van der Waals surface area contributed by atoms with Crippen LogP contribution in [0.4, 0.5) is 0 Å². The Hall–Kier alpha value is -1.84. The van der Waals surface area contributed by atoms with Crippen molar-refractivity contribution in [1.29, 1.82) is 0 Å². The molecule has 0 saturated carbocycles. The van der Waals surface area contributed by atoms with Crippen LogP contribution in [0, 0.1) is 0 Å². The van der Waals surface area contributed by atoms with Gasteiger partial charge in [0.1, 0.15) is 5.65 Å². The number of nitrogens with zero attached hydrogens (tertiary/aromatic N) is 2. The molecule has 4 nitrogen and oxygen atoms in total. The van der Waals surface area contributed by atoms with Gasteiger partial charge in [-0.2, -0.15) is 0 Å². The van der Waals surface area contributed by atoms with Crippen molar-refractivity contribution < 1.29 is 9.90 Å². The molecule has 0 aliphatic heterocycles. The molecule has 0 aromatic carbocycles. The molecule has 0 amide bonds. The summed E-state index contributed by atoms with van der Waals surface area (Å²) in [7, 11) is 0. The Bertz CT molecular complexity index is 448. The van der Waals surface area contributed by atoms with E-state index in [-0.39, 0.29) is 6.42 Å². The molecule has 2 aromatic heterocycles. The summed E-state index contributed by atoms with van der Waals surface area (Å²) >= 11 is 0. The Labute approximate surface area is 74.5 Å². The molecule has 2 rings (SSSR count). The predicted octanol–water partition coefficient (Wildman–Crippen LogP) is 0.961. The quantitative estimate of drug-likeness (QED) is 0.741. The minimum absolute atomic E-state index is 0.0276. The van der Waals surface area contributed by atoms with E-state index in [4.69, 9.17) is 5.11 Å². The molecule has 0 unspecified atom stereocenters. The molecule has 0 atom stereocenters. The van der Waals surface area contributed by atoms with Crippen molar-refractivity contribution >= 4 is 11.6 Å². The molecule has 66 valence electrons. The van der Waals surface area contributed by atoms with Gasteiger partial charge in [-0.25, -0.2) is 4.98 Å². The molecular weight excluding hydrogens is 168 g/mol. The molecule has 0 spiro atoms. The molecule has 0 aliphatic rings. The highest BCUT2D eigenvalue weighted by molar-refractivity contribution is 5.70. The lowest BCUT2D eigenvalue weighted by Crippen LogP contribution is -2.03. The van der Waals surface area contributed by atoms with Crippen molar-refractivity contribution in [2.24, 2.45) is 0 Å². The molecule has 2 heterocycles. The highest BCUT2D eigenvalue weighted by atomic mass is 16.4. The van der Waals surface area contributed by atoms with Gasteiger partial charge in [0, 0.05) is 18.1 Å². The summed E-state index contributed by atoms with van der Waals surface area (Å²) in [4.78, 5) is 14.6. The molecule has 0 saturated heterocycles. The van der Waals surface area contributed by atoms with Crippen LogP contribution >= 0.6 is 0 Å². The van der Waals surface area contributed by atoms with E-state index >= 15 is 0 Å². The number of aliphatic carboxylic acids is 1. The third-order valence-corrected chi connectivity index (χ3v) is 1.84. The van der Waals surface area contributed by atoms with Crippen LogP contribution in [0.25, 0.3) is 5.65 Å². The van der Waals surface area contributed by atoms with Gasteiger partial charge >= 0.3 is 5.97 Å². The van der Waals surface area contributed by atoms with Gasteiger partial charge in [-0.3, -0.25) is 4.79 Å². The molecule has 2 aromatic rings. The minimum Gasteiger partial charge on any atom is -0.481 e. The van der Waals surface area contributed by atoms with Crippen LogP contribution in [0.2, 0.25) is 0 Å². The zero-order valence-electron chi connectivity index (χ0n) is 6.84. The van der Waals surface area contributed by atoms with E-state index in [1.807, 2.05) is 0 Å². The fraction of sp³-hybridized carbons (Fsp3) is 0.111. The van der Waals surface area contributed by atoms with Crippen LogP contribution in [0.15, 0.2) is 30.6 Å². The smallest absolute Gasteiger partial charge is 0.309 e. The van der Waals surface area contributed by atoms with E-state index in [1.165, 1.54) is 0 Å². The fourth-order valence-corrected chi connectivity index (χ4v) is 1.30. The molecule has 13 heavy (non-hydrogen) atoms. The number of hydrogen-bond donors (Lipinski definition) is 1. The summed E-state index contributed by atoms with van der Waals surface area (Å²) in [6.45, 7) is 0. The summed E-state index contributed by atoms with van der Waals surface area (Å²) in [5.41, 5.74) is 1.52. The van der Waals surface area contributed by atoms with Gasteiger partial charge < -0.3 is 9.51 Å². The van der Waals surface area contributed by atoms with Gasteiger partial charge in [-0.05, 0) is 18.2 Å². The number of aromatic nitrogens is 2. The normalized spacial score (nSPS) is 10.5. The highest BCUT2D eigenvalue weighted by Gasteiger charge is 2.05. The van der Waals surface area contributed by atoms with Crippen LogP contribution in [0.1, 0.15) is 5.69 Å².